The van der Waals surface area contributed by atoms with Crippen molar-refractivity contribution in [2.75, 3.05) is 19.8 Å². The molecule has 2 aliphatic rings. The van der Waals surface area contributed by atoms with Crippen molar-refractivity contribution in [1.82, 2.24) is 5.32 Å². The van der Waals surface area contributed by atoms with Gasteiger partial charge in [0, 0.05) is 12.1 Å². The number of ether oxygens (including phenoxy) is 2. The number of benzene rings is 1. The van der Waals surface area contributed by atoms with Gasteiger partial charge in [-0.05, 0) is 30.5 Å². The van der Waals surface area contributed by atoms with E-state index in [2.05, 4.69) is 11.4 Å². The maximum atomic E-state index is 9.70. The molecule has 0 saturated heterocycles. The SMILES string of the molecule is OCC1(NCc2ccc3c(c2)OCCO3)CCCCC1. The Morgan fingerprint density at radius 3 is 2.55 bits per heavy atom. The van der Waals surface area contributed by atoms with Crippen LogP contribution in [0, 0.1) is 0 Å². The van der Waals surface area contributed by atoms with Gasteiger partial charge in [-0.15, -0.1) is 0 Å². The van der Waals surface area contributed by atoms with Crippen LogP contribution in [0.1, 0.15) is 37.7 Å². The van der Waals surface area contributed by atoms with Crippen LogP contribution in [-0.4, -0.2) is 30.5 Å². The van der Waals surface area contributed by atoms with Crippen molar-refractivity contribution in [3.05, 3.63) is 23.8 Å². The highest BCUT2D eigenvalue weighted by atomic mass is 16.6. The molecule has 0 spiro atoms. The summed E-state index contributed by atoms with van der Waals surface area (Å²) in [5.74, 6) is 1.66. The summed E-state index contributed by atoms with van der Waals surface area (Å²) in [4.78, 5) is 0. The largest absolute Gasteiger partial charge is 0.486 e. The van der Waals surface area contributed by atoms with Crippen LogP contribution in [0.25, 0.3) is 0 Å². The molecule has 110 valence electrons. The highest BCUT2D eigenvalue weighted by molar-refractivity contribution is 5.43. The first-order valence-corrected chi connectivity index (χ1v) is 7.56. The van der Waals surface area contributed by atoms with Crippen LogP contribution in [0.2, 0.25) is 0 Å². The lowest BCUT2D eigenvalue weighted by molar-refractivity contribution is 0.119. The average Bonchev–Trinajstić information content (AvgIpc) is 2.54. The van der Waals surface area contributed by atoms with Crippen molar-refractivity contribution >= 4 is 0 Å². The van der Waals surface area contributed by atoms with Gasteiger partial charge in [0.15, 0.2) is 11.5 Å². The Bertz CT molecular complexity index is 455. The minimum Gasteiger partial charge on any atom is -0.486 e. The van der Waals surface area contributed by atoms with Gasteiger partial charge >= 0.3 is 0 Å². The van der Waals surface area contributed by atoms with Crippen molar-refractivity contribution in [2.45, 2.75) is 44.2 Å². The third-order valence-corrected chi connectivity index (χ3v) is 4.39. The first-order valence-electron chi connectivity index (χ1n) is 7.56. The quantitative estimate of drug-likeness (QED) is 0.886. The number of nitrogens with one attached hydrogen (secondary N) is 1. The molecule has 0 atom stereocenters. The van der Waals surface area contributed by atoms with E-state index in [1.54, 1.807) is 0 Å². The average molecular weight is 277 g/mol. The topological polar surface area (TPSA) is 50.7 Å². The molecule has 1 aliphatic carbocycles. The highest BCUT2D eigenvalue weighted by Crippen LogP contribution is 2.32. The molecule has 2 N–H and O–H groups in total. The molecule has 1 saturated carbocycles. The van der Waals surface area contributed by atoms with Crippen LogP contribution in [0.15, 0.2) is 18.2 Å². The second-order valence-corrected chi connectivity index (χ2v) is 5.83. The Morgan fingerprint density at radius 2 is 1.80 bits per heavy atom. The molecule has 1 aliphatic heterocycles. The van der Waals surface area contributed by atoms with E-state index in [1.165, 1.54) is 24.8 Å². The predicted octanol–water partition coefficient (Wildman–Crippen LogP) is 2.24. The monoisotopic (exact) mass is 277 g/mol. The van der Waals surface area contributed by atoms with Crippen molar-refractivity contribution in [3.63, 3.8) is 0 Å². The number of rotatable bonds is 4. The molecule has 4 heteroatoms. The maximum absolute atomic E-state index is 9.70. The summed E-state index contributed by atoms with van der Waals surface area (Å²) in [6.45, 7) is 2.22. The summed E-state index contributed by atoms with van der Waals surface area (Å²) in [7, 11) is 0. The minimum absolute atomic E-state index is 0.0918. The Balaban J connectivity index is 1.65. The number of fused-ring (bicyclic) bond motifs is 1. The minimum atomic E-state index is -0.0918. The molecule has 0 bridgehead atoms. The fraction of sp³-hybridized carbons (Fsp3) is 0.625. The number of hydrogen-bond acceptors (Lipinski definition) is 4. The molecule has 1 aromatic rings. The Labute approximate surface area is 120 Å². The van der Waals surface area contributed by atoms with E-state index in [1.807, 2.05) is 12.1 Å². The van der Waals surface area contributed by atoms with E-state index < -0.39 is 0 Å². The van der Waals surface area contributed by atoms with Crippen LogP contribution < -0.4 is 14.8 Å². The lowest BCUT2D eigenvalue weighted by Crippen LogP contribution is -2.49. The summed E-state index contributed by atoms with van der Waals surface area (Å²) >= 11 is 0. The molecule has 1 aromatic carbocycles. The number of aliphatic hydroxyl groups is 1. The molecule has 3 rings (SSSR count). The molecule has 1 heterocycles. The van der Waals surface area contributed by atoms with Crippen LogP contribution in [-0.2, 0) is 6.54 Å². The number of hydrogen-bond donors (Lipinski definition) is 2. The molecular weight excluding hydrogens is 254 g/mol. The molecule has 4 nitrogen and oxygen atoms in total. The standard InChI is InChI=1S/C16H23NO3/c18-12-16(6-2-1-3-7-16)17-11-13-4-5-14-15(10-13)20-9-8-19-14/h4-5,10,17-18H,1-3,6-9,11-12H2. The Morgan fingerprint density at radius 1 is 1.05 bits per heavy atom. The predicted molar refractivity (Wildman–Crippen MR) is 77.2 cm³/mol. The summed E-state index contributed by atoms with van der Waals surface area (Å²) < 4.78 is 11.1. The van der Waals surface area contributed by atoms with E-state index in [0.717, 1.165) is 30.9 Å². The molecule has 20 heavy (non-hydrogen) atoms. The fourth-order valence-electron chi connectivity index (χ4n) is 3.11. The molecule has 0 unspecified atom stereocenters. The second kappa shape index (κ2) is 6.02. The Hall–Kier alpha value is -1.26. The summed E-state index contributed by atoms with van der Waals surface area (Å²) in [6, 6.07) is 6.07. The van der Waals surface area contributed by atoms with Gasteiger partial charge in [-0.25, -0.2) is 0 Å². The van der Waals surface area contributed by atoms with E-state index in [4.69, 9.17) is 9.47 Å². The van der Waals surface area contributed by atoms with Crippen LogP contribution in [0.3, 0.4) is 0 Å². The first kappa shape index (κ1) is 13.7. The van der Waals surface area contributed by atoms with Crippen molar-refractivity contribution < 1.29 is 14.6 Å². The van der Waals surface area contributed by atoms with Crippen molar-refractivity contribution in [3.8, 4) is 11.5 Å². The van der Waals surface area contributed by atoms with E-state index >= 15 is 0 Å². The van der Waals surface area contributed by atoms with Gasteiger partial charge in [-0.1, -0.05) is 25.3 Å². The van der Waals surface area contributed by atoms with Crippen LogP contribution >= 0.6 is 0 Å². The highest BCUT2D eigenvalue weighted by Gasteiger charge is 2.30. The molecular formula is C16H23NO3. The zero-order chi connectivity index (χ0) is 13.8. The lowest BCUT2D eigenvalue weighted by Gasteiger charge is -2.36. The van der Waals surface area contributed by atoms with Gasteiger partial charge in [0.05, 0.1) is 6.61 Å². The van der Waals surface area contributed by atoms with Crippen LogP contribution in [0.5, 0.6) is 11.5 Å². The molecule has 0 amide bonds. The van der Waals surface area contributed by atoms with E-state index in [0.29, 0.717) is 13.2 Å². The summed E-state index contributed by atoms with van der Waals surface area (Å²) in [5.41, 5.74) is 1.08. The molecule has 0 aromatic heterocycles. The lowest BCUT2D eigenvalue weighted by atomic mass is 9.82. The summed E-state index contributed by atoms with van der Waals surface area (Å²) in [5, 5.41) is 13.3. The van der Waals surface area contributed by atoms with Gasteiger partial charge < -0.3 is 19.9 Å². The van der Waals surface area contributed by atoms with Gasteiger partial charge in [0.1, 0.15) is 13.2 Å². The first-order chi connectivity index (χ1) is 9.81. The maximum Gasteiger partial charge on any atom is 0.161 e. The van der Waals surface area contributed by atoms with Crippen molar-refractivity contribution in [1.29, 1.82) is 0 Å². The second-order valence-electron chi connectivity index (χ2n) is 5.83. The fourth-order valence-corrected chi connectivity index (χ4v) is 3.11. The third-order valence-electron chi connectivity index (χ3n) is 4.39. The number of aliphatic hydroxyl groups excluding tert-OH is 1. The van der Waals surface area contributed by atoms with Gasteiger partial charge in [-0.3, -0.25) is 0 Å². The van der Waals surface area contributed by atoms with Crippen molar-refractivity contribution in [2.24, 2.45) is 0 Å². The smallest absolute Gasteiger partial charge is 0.161 e. The zero-order valence-corrected chi connectivity index (χ0v) is 11.9. The molecule has 0 radical (unpaired) electrons. The molecule has 1 fully saturated rings. The third kappa shape index (κ3) is 2.91. The van der Waals surface area contributed by atoms with Gasteiger partial charge in [0.2, 0.25) is 0 Å². The van der Waals surface area contributed by atoms with E-state index in [-0.39, 0.29) is 12.1 Å². The van der Waals surface area contributed by atoms with Gasteiger partial charge in [0.25, 0.3) is 0 Å². The zero-order valence-electron chi connectivity index (χ0n) is 11.9. The summed E-state index contributed by atoms with van der Waals surface area (Å²) in [6.07, 6.45) is 5.82. The normalized spacial score (nSPS) is 20.6. The Kier molecular flexibility index (Phi) is 4.13. The van der Waals surface area contributed by atoms with Crippen LogP contribution in [0.4, 0.5) is 0 Å². The van der Waals surface area contributed by atoms with Gasteiger partial charge in [-0.2, -0.15) is 0 Å². The van der Waals surface area contributed by atoms with E-state index in [9.17, 15) is 5.11 Å².